The molecule has 1 aromatic rings. The van der Waals surface area contributed by atoms with E-state index in [0.717, 1.165) is 31.7 Å². The van der Waals surface area contributed by atoms with Crippen molar-refractivity contribution in [3.05, 3.63) is 30.1 Å². The summed E-state index contributed by atoms with van der Waals surface area (Å²) in [6, 6.07) is 6.05. The number of carbonyl (C=O) groups is 1. The van der Waals surface area contributed by atoms with Crippen LogP contribution in [0.1, 0.15) is 24.5 Å². The lowest BCUT2D eigenvalue weighted by Gasteiger charge is -2.18. The maximum absolute atomic E-state index is 11.6. The topological polar surface area (TPSA) is 45.7 Å². The number of hydroxylamine groups is 2. The largest absolute Gasteiger partial charge is 0.302 e. The third-order valence-corrected chi connectivity index (χ3v) is 3.65. The molecule has 0 bridgehead atoms. The molecule has 1 aliphatic heterocycles. The van der Waals surface area contributed by atoms with E-state index in [-0.39, 0.29) is 5.91 Å². The number of hydrogen-bond acceptors (Lipinski definition) is 4. The first-order valence-corrected chi connectivity index (χ1v) is 6.64. The van der Waals surface area contributed by atoms with E-state index < -0.39 is 0 Å². The molecular weight excluding hydrogens is 242 g/mol. The van der Waals surface area contributed by atoms with Crippen molar-refractivity contribution in [1.29, 1.82) is 0 Å². The van der Waals surface area contributed by atoms with Gasteiger partial charge in [0.15, 0.2) is 0 Å². The first-order valence-electron chi connectivity index (χ1n) is 6.64. The molecule has 1 atom stereocenters. The van der Waals surface area contributed by atoms with Gasteiger partial charge in [-0.3, -0.25) is 14.6 Å². The lowest BCUT2D eigenvalue weighted by molar-refractivity contribution is -0.168. The molecule has 5 heteroatoms. The van der Waals surface area contributed by atoms with E-state index in [4.69, 9.17) is 4.84 Å². The van der Waals surface area contributed by atoms with Crippen LogP contribution in [-0.4, -0.2) is 54.6 Å². The molecule has 1 aliphatic rings. The van der Waals surface area contributed by atoms with Crippen LogP contribution >= 0.6 is 0 Å². The fraction of sp³-hybridized carbons (Fsp3) is 0.571. The zero-order valence-electron chi connectivity index (χ0n) is 11.6. The van der Waals surface area contributed by atoms with Crippen LogP contribution in [0.25, 0.3) is 0 Å². The van der Waals surface area contributed by atoms with Crippen LogP contribution < -0.4 is 0 Å². The Morgan fingerprint density at radius 1 is 1.58 bits per heavy atom. The highest BCUT2D eigenvalue weighted by atomic mass is 16.7. The second-order valence-corrected chi connectivity index (χ2v) is 4.86. The normalized spacial score (nSPS) is 19.6. The van der Waals surface area contributed by atoms with Gasteiger partial charge in [0.25, 0.3) is 0 Å². The number of carbonyl (C=O) groups excluding carboxylic acids is 1. The summed E-state index contributed by atoms with van der Waals surface area (Å²) in [6.45, 7) is 2.81. The van der Waals surface area contributed by atoms with Gasteiger partial charge in [-0.25, -0.2) is 5.06 Å². The van der Waals surface area contributed by atoms with Gasteiger partial charge in [-0.05, 0) is 25.1 Å². The van der Waals surface area contributed by atoms with Gasteiger partial charge in [-0.15, -0.1) is 0 Å². The Morgan fingerprint density at radius 3 is 3.11 bits per heavy atom. The summed E-state index contributed by atoms with van der Waals surface area (Å²) >= 11 is 0. The van der Waals surface area contributed by atoms with E-state index in [2.05, 4.69) is 16.0 Å². The van der Waals surface area contributed by atoms with Crippen LogP contribution in [0, 0.1) is 0 Å². The average Bonchev–Trinajstić information content (AvgIpc) is 2.93. The third-order valence-electron chi connectivity index (χ3n) is 3.65. The number of rotatable bonds is 5. The zero-order chi connectivity index (χ0) is 13.7. The SMILES string of the molecule is CON(C)C(=O)CCN1CCC(c2ccccn2)C1. The Hall–Kier alpha value is -1.46. The highest BCUT2D eigenvalue weighted by molar-refractivity contribution is 5.74. The smallest absolute Gasteiger partial charge is 0.247 e. The molecular formula is C14H21N3O2. The van der Waals surface area contributed by atoms with E-state index in [1.54, 1.807) is 7.05 Å². The van der Waals surface area contributed by atoms with Gasteiger partial charge in [-0.2, -0.15) is 0 Å². The van der Waals surface area contributed by atoms with E-state index in [9.17, 15) is 4.79 Å². The van der Waals surface area contributed by atoms with Crippen molar-refractivity contribution in [2.24, 2.45) is 0 Å². The van der Waals surface area contributed by atoms with E-state index in [1.807, 2.05) is 18.3 Å². The van der Waals surface area contributed by atoms with Gasteiger partial charge < -0.3 is 4.90 Å². The Balaban J connectivity index is 1.78. The minimum atomic E-state index is 0.0174. The Labute approximate surface area is 114 Å². The lowest BCUT2D eigenvalue weighted by Crippen LogP contribution is -2.30. The van der Waals surface area contributed by atoms with Gasteiger partial charge in [0.1, 0.15) is 0 Å². The number of pyridine rings is 1. The molecule has 1 amide bonds. The molecule has 0 spiro atoms. The predicted octanol–water partition coefficient (Wildman–Crippen LogP) is 1.28. The minimum Gasteiger partial charge on any atom is -0.302 e. The molecule has 0 aliphatic carbocycles. The molecule has 0 N–H and O–H groups in total. The van der Waals surface area contributed by atoms with Crippen molar-refractivity contribution in [2.45, 2.75) is 18.8 Å². The molecule has 2 rings (SSSR count). The van der Waals surface area contributed by atoms with E-state index >= 15 is 0 Å². The molecule has 0 radical (unpaired) electrons. The quantitative estimate of drug-likeness (QED) is 0.751. The number of nitrogens with zero attached hydrogens (tertiary/aromatic N) is 3. The highest BCUT2D eigenvalue weighted by Crippen LogP contribution is 2.25. The zero-order valence-corrected chi connectivity index (χ0v) is 11.6. The molecule has 0 aromatic carbocycles. The maximum atomic E-state index is 11.6. The molecule has 19 heavy (non-hydrogen) atoms. The number of hydrogen-bond donors (Lipinski definition) is 0. The van der Waals surface area contributed by atoms with Gasteiger partial charge in [0, 0.05) is 44.4 Å². The van der Waals surface area contributed by atoms with Gasteiger partial charge in [-0.1, -0.05) is 6.07 Å². The molecule has 104 valence electrons. The van der Waals surface area contributed by atoms with Crippen molar-refractivity contribution in [1.82, 2.24) is 14.9 Å². The van der Waals surface area contributed by atoms with E-state index in [1.165, 1.54) is 12.2 Å². The molecule has 1 fully saturated rings. The van der Waals surface area contributed by atoms with Gasteiger partial charge in [0.2, 0.25) is 5.91 Å². The van der Waals surface area contributed by atoms with Crippen LogP contribution in [-0.2, 0) is 9.63 Å². The summed E-state index contributed by atoms with van der Waals surface area (Å²) in [7, 11) is 3.15. The fourth-order valence-corrected chi connectivity index (χ4v) is 2.41. The van der Waals surface area contributed by atoms with Gasteiger partial charge >= 0.3 is 0 Å². The summed E-state index contributed by atoms with van der Waals surface area (Å²) in [5.41, 5.74) is 1.16. The van der Waals surface area contributed by atoms with Crippen LogP contribution in [0.15, 0.2) is 24.4 Å². The third kappa shape index (κ3) is 3.75. The summed E-state index contributed by atoms with van der Waals surface area (Å²) in [5, 5.41) is 1.28. The Morgan fingerprint density at radius 2 is 2.42 bits per heavy atom. The first-order chi connectivity index (χ1) is 9.20. The standard InChI is InChI=1S/C14H21N3O2/c1-16(19-2)14(18)7-10-17-9-6-12(11-17)13-5-3-4-8-15-13/h3-5,8,12H,6-7,9-11H2,1-2H3. The average molecular weight is 263 g/mol. The molecule has 5 nitrogen and oxygen atoms in total. The minimum absolute atomic E-state index is 0.0174. The van der Waals surface area contributed by atoms with E-state index in [0.29, 0.717) is 12.3 Å². The van der Waals surface area contributed by atoms with Gasteiger partial charge in [0.05, 0.1) is 7.11 Å². The second-order valence-electron chi connectivity index (χ2n) is 4.86. The fourth-order valence-electron chi connectivity index (χ4n) is 2.41. The predicted molar refractivity (Wildman–Crippen MR) is 72.4 cm³/mol. The monoisotopic (exact) mass is 263 g/mol. The summed E-state index contributed by atoms with van der Waals surface area (Å²) in [4.78, 5) is 23.2. The van der Waals surface area contributed by atoms with Crippen LogP contribution in [0.4, 0.5) is 0 Å². The molecule has 1 aromatic heterocycles. The van der Waals surface area contributed by atoms with Crippen LogP contribution in [0.5, 0.6) is 0 Å². The van der Waals surface area contributed by atoms with Crippen molar-refractivity contribution in [3.63, 3.8) is 0 Å². The maximum Gasteiger partial charge on any atom is 0.247 e. The van der Waals surface area contributed by atoms with Crippen molar-refractivity contribution < 1.29 is 9.63 Å². The van der Waals surface area contributed by atoms with Crippen molar-refractivity contribution in [2.75, 3.05) is 33.8 Å². The van der Waals surface area contributed by atoms with Crippen LogP contribution in [0.2, 0.25) is 0 Å². The van der Waals surface area contributed by atoms with Crippen molar-refractivity contribution >= 4 is 5.91 Å². The summed E-state index contributed by atoms with van der Waals surface area (Å²) in [6.07, 6.45) is 3.46. The second kappa shape index (κ2) is 6.63. The number of likely N-dealkylation sites (tertiary alicyclic amines) is 1. The first kappa shape index (κ1) is 14.0. The molecule has 2 heterocycles. The Bertz CT molecular complexity index is 410. The lowest BCUT2D eigenvalue weighted by atomic mass is 10.0. The number of amides is 1. The molecule has 1 saturated heterocycles. The highest BCUT2D eigenvalue weighted by Gasteiger charge is 2.25. The van der Waals surface area contributed by atoms with Crippen molar-refractivity contribution in [3.8, 4) is 0 Å². The molecule has 1 unspecified atom stereocenters. The van der Waals surface area contributed by atoms with Crippen LogP contribution in [0.3, 0.4) is 0 Å². The summed E-state index contributed by atoms with van der Waals surface area (Å²) in [5.74, 6) is 0.514. The number of aromatic nitrogens is 1. The Kier molecular flexibility index (Phi) is 4.87. The molecule has 0 saturated carbocycles. The summed E-state index contributed by atoms with van der Waals surface area (Å²) < 4.78 is 0.